The molecule has 1 saturated heterocycles. The van der Waals surface area contributed by atoms with Crippen LogP contribution in [0.4, 0.5) is 4.79 Å². The number of aldehydes is 1. The van der Waals surface area contributed by atoms with E-state index in [0.717, 1.165) is 12.8 Å². The number of ketones is 2. The average Bonchev–Trinajstić information content (AvgIpc) is 3.12. The molecule has 12 heteroatoms. The lowest BCUT2D eigenvalue weighted by Crippen LogP contribution is -2.54. The fourth-order valence-electron chi connectivity index (χ4n) is 6.32. The molecule has 51 heavy (non-hydrogen) atoms. The highest BCUT2D eigenvalue weighted by Crippen LogP contribution is 2.36. The predicted molar refractivity (Wildman–Crippen MR) is 204 cm³/mol. The molecule has 0 aliphatic carbocycles. The highest BCUT2D eigenvalue weighted by molar-refractivity contribution is 5.94. The van der Waals surface area contributed by atoms with E-state index in [4.69, 9.17) is 29.4 Å². The Balaban J connectivity index is 0. The topological polar surface area (TPSA) is 147 Å². The molecule has 0 aromatic carbocycles. The molecular weight excluding hydrogens is 654 g/mol. The summed E-state index contributed by atoms with van der Waals surface area (Å²) in [6.45, 7) is 21.8. The van der Waals surface area contributed by atoms with Crippen LogP contribution in [0.5, 0.6) is 0 Å². The van der Waals surface area contributed by atoms with Gasteiger partial charge < -0.3 is 44.0 Å². The number of hydrogen-bond donors (Lipinski definition) is 1. The largest absolute Gasteiger partial charge is 0.447 e. The van der Waals surface area contributed by atoms with E-state index >= 15 is 0 Å². The van der Waals surface area contributed by atoms with Gasteiger partial charge in [-0.1, -0.05) is 48.5 Å². The highest BCUT2D eigenvalue weighted by Gasteiger charge is 2.46. The van der Waals surface area contributed by atoms with E-state index in [1.807, 2.05) is 76.4 Å². The van der Waals surface area contributed by atoms with Gasteiger partial charge in [0.1, 0.15) is 24.5 Å². The number of Topliss-reactive ketones (excluding diaryl/α,β-unsaturated/α-hetero) is 2. The molecule has 1 amide bonds. The first-order chi connectivity index (χ1) is 24.1. The first-order valence-electron chi connectivity index (χ1n) is 19.3. The number of hydrogen-bond acceptors (Lipinski definition) is 11. The molecule has 0 aromatic rings. The summed E-state index contributed by atoms with van der Waals surface area (Å²) in [5, 5.41) is 0. The van der Waals surface area contributed by atoms with Gasteiger partial charge in [-0.2, -0.15) is 0 Å². The number of nitrogens with zero attached hydrogens (tertiary/aromatic N) is 2. The van der Waals surface area contributed by atoms with Crippen molar-refractivity contribution in [2.24, 2.45) is 23.5 Å². The van der Waals surface area contributed by atoms with Crippen molar-refractivity contribution in [2.45, 2.75) is 163 Å². The van der Waals surface area contributed by atoms with Gasteiger partial charge in [0.15, 0.2) is 6.29 Å². The van der Waals surface area contributed by atoms with E-state index in [9.17, 15) is 19.2 Å². The standard InChI is InChI=1S/C35H65N3O9.2C2H6/c1-12-29(43-10)22-45-34(42)38(16-14-13-15-36)25(4)17-30(40)23(2)20-35(7,44-11)33(27(6)32(41)24(3)21-39)47-31-19-28(37(8)9)18-26(5)46-31;2*1-2/h21,23-29,31,33H,12-20,22,36H2,1-11H3;2*1-2H3/t23-,24?,25?,26?,27?,28?,29?,31?,33-,35-;;/m1../s1. The predicted octanol–water partition coefficient (Wildman–Crippen LogP) is 6.30. The van der Waals surface area contributed by atoms with Gasteiger partial charge in [-0.25, -0.2) is 4.79 Å². The van der Waals surface area contributed by atoms with Crippen LogP contribution in [0.25, 0.3) is 0 Å². The lowest BCUT2D eigenvalue weighted by Gasteiger charge is -2.45. The van der Waals surface area contributed by atoms with E-state index < -0.39 is 47.9 Å². The lowest BCUT2D eigenvalue weighted by atomic mass is 9.77. The Labute approximate surface area is 311 Å². The van der Waals surface area contributed by atoms with Crippen molar-refractivity contribution in [1.82, 2.24) is 9.80 Å². The lowest BCUT2D eigenvalue weighted by molar-refractivity contribution is -0.262. The number of ether oxygens (including phenoxy) is 5. The van der Waals surface area contributed by atoms with Crippen LogP contribution in [0.1, 0.15) is 121 Å². The molecule has 1 aliphatic rings. The Kier molecular flexibility index (Phi) is 27.7. The molecule has 0 aromatic heterocycles. The third-order valence-electron chi connectivity index (χ3n) is 9.66. The Morgan fingerprint density at radius 1 is 1.02 bits per heavy atom. The minimum Gasteiger partial charge on any atom is -0.447 e. The number of methoxy groups -OCH3 is 2. The van der Waals surface area contributed by atoms with Crippen molar-refractivity contribution >= 4 is 23.9 Å². The summed E-state index contributed by atoms with van der Waals surface area (Å²) in [5.74, 6) is -2.36. The Morgan fingerprint density at radius 3 is 2.12 bits per heavy atom. The Hall–Kier alpha value is -1.96. The summed E-state index contributed by atoms with van der Waals surface area (Å²) in [7, 11) is 7.16. The van der Waals surface area contributed by atoms with Crippen molar-refractivity contribution in [3.05, 3.63) is 0 Å². The van der Waals surface area contributed by atoms with Crippen molar-refractivity contribution in [3.8, 4) is 0 Å². The summed E-state index contributed by atoms with van der Waals surface area (Å²) in [5.41, 5.74) is 4.61. The van der Waals surface area contributed by atoms with Crippen molar-refractivity contribution < 1.29 is 42.9 Å². The highest BCUT2D eigenvalue weighted by atomic mass is 16.7. The zero-order valence-electron chi connectivity index (χ0n) is 35.0. The van der Waals surface area contributed by atoms with E-state index in [0.29, 0.717) is 38.6 Å². The monoisotopic (exact) mass is 732 g/mol. The van der Waals surface area contributed by atoms with Crippen LogP contribution in [0.2, 0.25) is 0 Å². The summed E-state index contributed by atoms with van der Waals surface area (Å²) < 4.78 is 29.8. The number of rotatable bonds is 23. The first-order valence-corrected chi connectivity index (χ1v) is 19.3. The fourth-order valence-corrected chi connectivity index (χ4v) is 6.32. The molecule has 10 atom stereocenters. The number of nitrogens with two attached hydrogens (primary N) is 1. The zero-order valence-corrected chi connectivity index (χ0v) is 35.0. The molecule has 7 unspecified atom stereocenters. The minimum atomic E-state index is -1.08. The molecule has 1 rings (SSSR count). The summed E-state index contributed by atoms with van der Waals surface area (Å²) in [6, 6.07) is -0.199. The van der Waals surface area contributed by atoms with Gasteiger partial charge in [0.05, 0.1) is 29.8 Å². The second-order valence-electron chi connectivity index (χ2n) is 13.8. The van der Waals surface area contributed by atoms with Crippen molar-refractivity contribution in [2.75, 3.05) is 48.0 Å². The van der Waals surface area contributed by atoms with E-state index in [1.54, 1.807) is 33.0 Å². The first kappa shape index (κ1) is 51.1. The second kappa shape index (κ2) is 27.6. The van der Waals surface area contributed by atoms with Gasteiger partial charge in [0.2, 0.25) is 0 Å². The van der Waals surface area contributed by atoms with Crippen LogP contribution >= 0.6 is 0 Å². The second-order valence-corrected chi connectivity index (χ2v) is 13.8. The number of carbonyl (C=O) groups is 4. The number of unbranched alkanes of at least 4 members (excludes halogenated alkanes) is 1. The molecule has 0 bridgehead atoms. The maximum atomic E-state index is 13.7. The third-order valence-corrected chi connectivity index (χ3v) is 9.66. The maximum absolute atomic E-state index is 13.7. The van der Waals surface area contributed by atoms with E-state index in [-0.39, 0.29) is 49.3 Å². The molecule has 0 radical (unpaired) electrons. The molecule has 0 spiro atoms. The van der Waals surface area contributed by atoms with Gasteiger partial charge in [-0.05, 0) is 80.4 Å². The minimum absolute atomic E-state index is 0.0562. The smallest absolute Gasteiger partial charge is 0.410 e. The Morgan fingerprint density at radius 2 is 1.63 bits per heavy atom. The summed E-state index contributed by atoms with van der Waals surface area (Å²) in [4.78, 5) is 55.5. The fraction of sp³-hybridized carbons (Fsp3) is 0.897. The molecule has 0 saturated carbocycles. The van der Waals surface area contributed by atoms with Gasteiger partial charge in [0.25, 0.3) is 0 Å². The third kappa shape index (κ3) is 17.6. The molecule has 12 nitrogen and oxygen atoms in total. The van der Waals surface area contributed by atoms with Crippen LogP contribution in [0.3, 0.4) is 0 Å². The van der Waals surface area contributed by atoms with E-state index in [1.165, 1.54) is 0 Å². The zero-order chi connectivity index (χ0) is 39.9. The Bertz CT molecular complexity index is 964. The number of carbonyl (C=O) groups excluding carboxylic acids is 4. The van der Waals surface area contributed by atoms with Crippen LogP contribution in [-0.2, 0) is 38.1 Å². The van der Waals surface area contributed by atoms with Crippen LogP contribution in [-0.4, -0.2) is 124 Å². The van der Waals surface area contributed by atoms with Crippen molar-refractivity contribution in [3.63, 3.8) is 0 Å². The average molecular weight is 732 g/mol. The molecular formula is C39H77N3O9. The van der Waals surface area contributed by atoms with Crippen LogP contribution in [0.15, 0.2) is 0 Å². The van der Waals surface area contributed by atoms with E-state index in [2.05, 4.69) is 4.90 Å². The van der Waals surface area contributed by atoms with Gasteiger partial charge >= 0.3 is 6.09 Å². The molecule has 302 valence electrons. The summed E-state index contributed by atoms with van der Waals surface area (Å²) >= 11 is 0. The molecule has 2 N–H and O–H groups in total. The molecule has 1 fully saturated rings. The van der Waals surface area contributed by atoms with Crippen molar-refractivity contribution in [1.29, 1.82) is 0 Å². The quantitative estimate of drug-likeness (QED) is 0.0718. The van der Waals surface area contributed by atoms with Crippen LogP contribution in [0, 0.1) is 17.8 Å². The molecule has 1 aliphatic heterocycles. The summed E-state index contributed by atoms with van der Waals surface area (Å²) in [6.07, 6.45) is 2.41. The maximum Gasteiger partial charge on any atom is 0.410 e. The SMILES string of the molecule is CC.CC.CCC(COC(=O)N(CCCCN)C(C)CC(=O)[C@H](C)C[C@@](C)(OC)[C@H](OC1CC(N(C)C)CC(C)O1)C(C)C(=O)C(C)C=O)OC. The number of amides is 1. The van der Waals surface area contributed by atoms with Crippen LogP contribution < -0.4 is 5.73 Å². The van der Waals surface area contributed by atoms with Gasteiger partial charge in [-0.15, -0.1) is 0 Å². The van der Waals surface area contributed by atoms with Gasteiger partial charge in [-0.3, -0.25) is 9.59 Å². The normalized spacial score (nSPS) is 21.9. The van der Waals surface area contributed by atoms with Gasteiger partial charge in [0, 0.05) is 57.5 Å². The molecule has 1 heterocycles.